The van der Waals surface area contributed by atoms with Gasteiger partial charge in [-0.05, 0) is 18.1 Å². The number of nitrogens with zero attached hydrogens (tertiary/aromatic N) is 1. The van der Waals surface area contributed by atoms with Gasteiger partial charge in [0.05, 0.1) is 10.0 Å². The molecule has 0 bridgehead atoms. The highest BCUT2D eigenvalue weighted by Gasteiger charge is 2.14. The molecule has 0 heterocycles. The van der Waals surface area contributed by atoms with Gasteiger partial charge in [-0.3, -0.25) is 4.79 Å². The monoisotopic (exact) mass is 288 g/mol. The number of carbonyl (C=O) groups is 1. The first kappa shape index (κ1) is 15.3. The maximum atomic E-state index is 11.9. The Labute approximate surface area is 118 Å². The fourth-order valence-electron chi connectivity index (χ4n) is 1.54. The lowest BCUT2D eigenvalue weighted by molar-refractivity contribution is -0.130. The van der Waals surface area contributed by atoms with Crippen LogP contribution in [0, 0.1) is 0 Å². The molecule has 1 aromatic carbocycles. The molecule has 0 saturated carbocycles. The van der Waals surface area contributed by atoms with Crippen LogP contribution in [-0.2, 0) is 11.3 Å². The molecule has 0 aliphatic carbocycles. The molecule has 1 aromatic rings. The minimum Gasteiger partial charge on any atom is -0.341 e. The van der Waals surface area contributed by atoms with Crippen molar-refractivity contribution < 1.29 is 4.79 Å². The third-order valence-corrected chi connectivity index (χ3v) is 3.68. The van der Waals surface area contributed by atoms with Crippen molar-refractivity contribution in [2.75, 3.05) is 7.05 Å². The maximum absolute atomic E-state index is 11.9. The number of hydrogen-bond acceptors (Lipinski definition) is 2. The van der Waals surface area contributed by atoms with Crippen LogP contribution < -0.4 is 5.73 Å². The van der Waals surface area contributed by atoms with Gasteiger partial charge in [-0.1, -0.05) is 42.3 Å². The number of amides is 1. The zero-order valence-electron chi connectivity index (χ0n) is 10.6. The van der Waals surface area contributed by atoms with E-state index in [1.807, 2.05) is 19.1 Å². The number of carbonyl (C=O) groups excluding carboxylic acids is 1. The van der Waals surface area contributed by atoms with Crippen molar-refractivity contribution >= 4 is 29.1 Å². The molecule has 0 spiro atoms. The maximum Gasteiger partial charge on any atom is 0.224 e. The second-order valence-electron chi connectivity index (χ2n) is 4.34. The van der Waals surface area contributed by atoms with E-state index in [9.17, 15) is 4.79 Å². The Morgan fingerprint density at radius 3 is 2.72 bits per heavy atom. The zero-order valence-corrected chi connectivity index (χ0v) is 12.1. The van der Waals surface area contributed by atoms with Gasteiger partial charge >= 0.3 is 0 Å². The van der Waals surface area contributed by atoms with Crippen LogP contribution in [0.3, 0.4) is 0 Å². The summed E-state index contributed by atoms with van der Waals surface area (Å²) in [6, 6.07) is 5.31. The molecule has 1 unspecified atom stereocenters. The highest BCUT2D eigenvalue weighted by molar-refractivity contribution is 6.42. The Morgan fingerprint density at radius 1 is 1.44 bits per heavy atom. The predicted octanol–water partition coefficient (Wildman–Crippen LogP) is 3.08. The van der Waals surface area contributed by atoms with E-state index in [1.165, 1.54) is 0 Å². The van der Waals surface area contributed by atoms with Crippen LogP contribution >= 0.6 is 23.2 Å². The van der Waals surface area contributed by atoms with Gasteiger partial charge in [0.15, 0.2) is 0 Å². The third-order valence-electron chi connectivity index (χ3n) is 2.83. The van der Waals surface area contributed by atoms with Crippen LogP contribution in [0.25, 0.3) is 0 Å². The fourth-order valence-corrected chi connectivity index (χ4v) is 1.92. The van der Waals surface area contributed by atoms with Gasteiger partial charge in [-0.15, -0.1) is 0 Å². The summed E-state index contributed by atoms with van der Waals surface area (Å²) in [7, 11) is 1.74. The molecular weight excluding hydrogens is 271 g/mol. The van der Waals surface area contributed by atoms with Gasteiger partial charge in [0.1, 0.15) is 0 Å². The summed E-state index contributed by atoms with van der Waals surface area (Å²) in [5, 5.41) is 0.999. The van der Waals surface area contributed by atoms with Crippen LogP contribution in [0.15, 0.2) is 18.2 Å². The van der Waals surface area contributed by atoms with Crippen molar-refractivity contribution in [3.05, 3.63) is 33.8 Å². The molecule has 0 aromatic heterocycles. The van der Waals surface area contributed by atoms with Crippen LogP contribution in [0.1, 0.15) is 25.3 Å². The summed E-state index contributed by atoms with van der Waals surface area (Å²) in [4.78, 5) is 13.5. The van der Waals surface area contributed by atoms with E-state index >= 15 is 0 Å². The number of halogens is 2. The SMILES string of the molecule is CCC(N)CC(=O)N(C)Cc1cccc(Cl)c1Cl. The smallest absolute Gasteiger partial charge is 0.224 e. The molecule has 0 aliphatic rings. The lowest BCUT2D eigenvalue weighted by Crippen LogP contribution is -2.32. The Kier molecular flexibility index (Phi) is 5.93. The number of benzene rings is 1. The molecule has 18 heavy (non-hydrogen) atoms. The van der Waals surface area contributed by atoms with E-state index in [4.69, 9.17) is 28.9 Å². The van der Waals surface area contributed by atoms with Crippen molar-refractivity contribution in [2.24, 2.45) is 5.73 Å². The largest absolute Gasteiger partial charge is 0.341 e. The van der Waals surface area contributed by atoms with Gasteiger partial charge in [-0.25, -0.2) is 0 Å². The fraction of sp³-hybridized carbons (Fsp3) is 0.462. The predicted molar refractivity (Wildman–Crippen MR) is 75.8 cm³/mol. The van der Waals surface area contributed by atoms with Crippen LogP contribution in [0.5, 0.6) is 0 Å². The third kappa shape index (κ3) is 4.16. The minimum absolute atomic E-state index is 0.0143. The molecular formula is C13H18Cl2N2O. The summed E-state index contributed by atoms with van der Waals surface area (Å²) in [6.07, 6.45) is 1.14. The van der Waals surface area contributed by atoms with Gasteiger partial charge in [-0.2, -0.15) is 0 Å². The average molecular weight is 289 g/mol. The van der Waals surface area contributed by atoms with Crippen molar-refractivity contribution in [1.82, 2.24) is 4.90 Å². The molecule has 0 aliphatic heterocycles. The molecule has 1 amide bonds. The van der Waals surface area contributed by atoms with E-state index in [2.05, 4.69) is 0 Å². The topological polar surface area (TPSA) is 46.3 Å². The normalized spacial score (nSPS) is 12.3. The highest BCUT2D eigenvalue weighted by Crippen LogP contribution is 2.26. The van der Waals surface area contributed by atoms with Gasteiger partial charge < -0.3 is 10.6 Å². The van der Waals surface area contributed by atoms with E-state index in [1.54, 1.807) is 18.0 Å². The van der Waals surface area contributed by atoms with Gasteiger partial charge in [0.2, 0.25) is 5.91 Å². The number of rotatable bonds is 5. The first-order valence-electron chi connectivity index (χ1n) is 5.88. The van der Waals surface area contributed by atoms with Crippen LogP contribution in [-0.4, -0.2) is 23.9 Å². The first-order chi connectivity index (χ1) is 8.45. The molecule has 1 rings (SSSR count). The van der Waals surface area contributed by atoms with Gasteiger partial charge in [0, 0.05) is 26.1 Å². The van der Waals surface area contributed by atoms with Crippen molar-refractivity contribution in [3.8, 4) is 0 Å². The highest BCUT2D eigenvalue weighted by atomic mass is 35.5. The Balaban J connectivity index is 2.67. The first-order valence-corrected chi connectivity index (χ1v) is 6.63. The summed E-state index contributed by atoms with van der Waals surface area (Å²) in [5.74, 6) is 0.0143. The minimum atomic E-state index is -0.0882. The molecule has 0 radical (unpaired) electrons. The Bertz CT molecular complexity index is 423. The van der Waals surface area contributed by atoms with E-state index in [0.29, 0.717) is 23.0 Å². The van der Waals surface area contributed by atoms with Crippen molar-refractivity contribution in [2.45, 2.75) is 32.4 Å². The van der Waals surface area contributed by atoms with Crippen LogP contribution in [0.2, 0.25) is 10.0 Å². The van der Waals surface area contributed by atoms with E-state index < -0.39 is 0 Å². The molecule has 5 heteroatoms. The lowest BCUT2D eigenvalue weighted by Gasteiger charge is -2.20. The van der Waals surface area contributed by atoms with Crippen molar-refractivity contribution in [1.29, 1.82) is 0 Å². The summed E-state index contributed by atoms with van der Waals surface area (Å²) < 4.78 is 0. The standard InChI is InChI=1S/C13H18Cl2N2O/c1-3-10(16)7-12(18)17(2)8-9-5-4-6-11(14)13(9)15/h4-6,10H,3,7-8,16H2,1-2H3. The summed E-state index contributed by atoms with van der Waals surface area (Å²) in [6.45, 7) is 2.40. The second-order valence-corrected chi connectivity index (χ2v) is 5.12. The summed E-state index contributed by atoms with van der Waals surface area (Å²) in [5.41, 5.74) is 6.60. The van der Waals surface area contributed by atoms with Crippen molar-refractivity contribution in [3.63, 3.8) is 0 Å². The molecule has 2 N–H and O–H groups in total. The molecule has 100 valence electrons. The molecule has 1 atom stereocenters. The second kappa shape index (κ2) is 6.98. The van der Waals surface area contributed by atoms with Crippen LogP contribution in [0.4, 0.5) is 0 Å². The van der Waals surface area contributed by atoms with E-state index in [0.717, 1.165) is 12.0 Å². The number of hydrogen-bond donors (Lipinski definition) is 1. The quantitative estimate of drug-likeness (QED) is 0.905. The Hall–Kier alpha value is -0.770. The zero-order chi connectivity index (χ0) is 13.7. The number of nitrogens with two attached hydrogens (primary N) is 1. The lowest BCUT2D eigenvalue weighted by atomic mass is 10.1. The van der Waals surface area contributed by atoms with Gasteiger partial charge in [0.25, 0.3) is 0 Å². The average Bonchev–Trinajstić information content (AvgIpc) is 2.34. The molecule has 0 fully saturated rings. The summed E-state index contributed by atoms with van der Waals surface area (Å²) >= 11 is 12.0. The van der Waals surface area contributed by atoms with E-state index in [-0.39, 0.29) is 11.9 Å². The Morgan fingerprint density at radius 2 is 2.11 bits per heavy atom. The molecule has 0 saturated heterocycles. The molecule has 3 nitrogen and oxygen atoms in total.